The average molecular weight is 297 g/mol. The largest absolute Gasteiger partial charge is 0.384 e. The second-order valence-electron chi connectivity index (χ2n) is 5.02. The van der Waals surface area contributed by atoms with Crippen molar-refractivity contribution in [2.24, 2.45) is 0 Å². The predicted molar refractivity (Wildman–Crippen MR) is 75.6 cm³/mol. The van der Waals surface area contributed by atoms with Crippen molar-refractivity contribution in [3.63, 3.8) is 0 Å². The van der Waals surface area contributed by atoms with Crippen LogP contribution >= 0.6 is 11.8 Å². The van der Waals surface area contributed by atoms with Crippen LogP contribution in [0.15, 0.2) is 17.3 Å². The van der Waals surface area contributed by atoms with E-state index in [2.05, 4.69) is 15.0 Å². The third-order valence-corrected chi connectivity index (χ3v) is 4.55. The van der Waals surface area contributed by atoms with Gasteiger partial charge in [0.15, 0.2) is 0 Å². The lowest BCUT2D eigenvalue weighted by atomic mass is 10.0. The number of aromatic amines is 2. The zero-order chi connectivity index (χ0) is 14.3. The highest BCUT2D eigenvalue weighted by atomic mass is 32.2. The Labute approximate surface area is 118 Å². The second kappa shape index (κ2) is 5.21. The van der Waals surface area contributed by atoms with E-state index in [1.54, 1.807) is 18.0 Å². The zero-order valence-corrected chi connectivity index (χ0v) is 11.7. The Balaban J connectivity index is 1.99. The highest BCUT2D eigenvalue weighted by Gasteiger charge is 2.46. The summed E-state index contributed by atoms with van der Waals surface area (Å²) >= 11 is 1.63. The zero-order valence-electron chi connectivity index (χ0n) is 10.9. The van der Waals surface area contributed by atoms with E-state index in [1.807, 2.05) is 11.6 Å². The highest BCUT2D eigenvalue weighted by Crippen LogP contribution is 2.26. The monoisotopic (exact) mass is 297 g/mol. The molecular formula is C12H17N4O3S+. The first-order chi connectivity index (χ1) is 9.63. The van der Waals surface area contributed by atoms with Crippen LogP contribution in [0.25, 0.3) is 11.0 Å². The summed E-state index contributed by atoms with van der Waals surface area (Å²) in [5, 5.41) is 22.3. The summed E-state index contributed by atoms with van der Waals surface area (Å²) in [5.41, 5.74) is 1.45. The number of nitrogens with zero attached hydrogens (tertiary/aromatic N) is 1. The molecule has 1 aliphatic heterocycles. The van der Waals surface area contributed by atoms with Crippen LogP contribution in [0.4, 0.5) is 0 Å². The molecule has 7 nitrogen and oxygen atoms in total. The Bertz CT molecular complexity index is 670. The Morgan fingerprint density at radius 3 is 2.95 bits per heavy atom. The molecule has 8 heteroatoms. The summed E-state index contributed by atoms with van der Waals surface area (Å²) in [6, 6.07) is -0.373. The lowest BCUT2D eigenvalue weighted by molar-refractivity contribution is -0.708. The lowest BCUT2D eigenvalue weighted by Crippen LogP contribution is -2.89. The number of aromatic nitrogens is 3. The van der Waals surface area contributed by atoms with Gasteiger partial charge in [0.25, 0.3) is 5.56 Å². The van der Waals surface area contributed by atoms with Gasteiger partial charge in [-0.3, -0.25) is 4.79 Å². The maximum Gasteiger partial charge on any atom is 0.275 e. The van der Waals surface area contributed by atoms with E-state index in [4.69, 9.17) is 0 Å². The fourth-order valence-electron chi connectivity index (χ4n) is 2.82. The summed E-state index contributed by atoms with van der Waals surface area (Å²) < 4.78 is 0. The standard InChI is InChI=1S/C12H16N4O3S/c1-20-3-6-10(17)11(18)8(16-6)5-2-13-9-7(5)14-4-15-12(9)19/h2,4,6,8,10-11,13,16-18H,3H2,1H3,(H,14,15,19)/p+1. The van der Waals surface area contributed by atoms with Crippen LogP contribution in [0.2, 0.25) is 0 Å². The molecule has 108 valence electrons. The van der Waals surface area contributed by atoms with Crippen LogP contribution in [0.5, 0.6) is 0 Å². The van der Waals surface area contributed by atoms with Crippen LogP contribution in [-0.4, -0.2) is 55.4 Å². The number of fused-ring (bicyclic) bond motifs is 1. The van der Waals surface area contributed by atoms with Crippen molar-refractivity contribution < 1.29 is 15.5 Å². The minimum Gasteiger partial charge on any atom is -0.384 e. The molecule has 0 aliphatic carbocycles. The normalized spacial score (nSPS) is 30.1. The van der Waals surface area contributed by atoms with E-state index in [0.717, 1.165) is 11.3 Å². The van der Waals surface area contributed by atoms with Gasteiger partial charge in [0.2, 0.25) is 0 Å². The first kappa shape index (κ1) is 13.6. The molecule has 0 aromatic carbocycles. The van der Waals surface area contributed by atoms with Gasteiger partial charge in [-0.05, 0) is 6.26 Å². The van der Waals surface area contributed by atoms with Crippen LogP contribution in [0.3, 0.4) is 0 Å². The molecule has 4 atom stereocenters. The summed E-state index contributed by atoms with van der Waals surface area (Å²) in [6.07, 6.45) is 3.35. The maximum atomic E-state index is 11.7. The van der Waals surface area contributed by atoms with E-state index < -0.39 is 12.2 Å². The molecule has 0 spiro atoms. The second-order valence-corrected chi connectivity index (χ2v) is 5.93. The topological polar surface area (TPSA) is 119 Å². The smallest absolute Gasteiger partial charge is 0.275 e. The quantitative estimate of drug-likeness (QED) is 0.464. The van der Waals surface area contributed by atoms with Crippen LogP contribution in [-0.2, 0) is 0 Å². The molecule has 3 rings (SSSR count). The number of aliphatic hydroxyl groups is 2. The fraction of sp³-hybridized carbons (Fsp3) is 0.500. The third-order valence-electron chi connectivity index (χ3n) is 3.83. The Hall–Kier alpha value is -1.35. The predicted octanol–water partition coefficient (Wildman–Crippen LogP) is -1.68. The molecule has 1 aliphatic rings. The highest BCUT2D eigenvalue weighted by molar-refractivity contribution is 7.98. The number of hydrogen-bond donors (Lipinski definition) is 5. The summed E-state index contributed by atoms with van der Waals surface area (Å²) in [7, 11) is 0. The first-order valence-electron chi connectivity index (χ1n) is 6.38. The van der Waals surface area contributed by atoms with Gasteiger partial charge in [-0.15, -0.1) is 0 Å². The fourth-order valence-corrected chi connectivity index (χ4v) is 3.51. The molecule has 3 heterocycles. The van der Waals surface area contributed by atoms with E-state index in [0.29, 0.717) is 11.0 Å². The van der Waals surface area contributed by atoms with Crippen LogP contribution in [0, 0.1) is 0 Å². The number of thioether (sulfide) groups is 1. The first-order valence-corrected chi connectivity index (χ1v) is 7.77. The number of H-pyrrole nitrogens is 2. The number of nitrogens with two attached hydrogens (primary N) is 1. The van der Waals surface area contributed by atoms with Gasteiger partial charge >= 0.3 is 0 Å². The molecule has 0 saturated carbocycles. The molecule has 2 aromatic heterocycles. The van der Waals surface area contributed by atoms with Crippen molar-refractivity contribution in [2.45, 2.75) is 24.3 Å². The lowest BCUT2D eigenvalue weighted by Gasteiger charge is -2.10. The summed E-state index contributed by atoms with van der Waals surface area (Å²) in [6.45, 7) is 0. The molecule has 4 unspecified atom stereocenters. The number of hydrogen-bond acceptors (Lipinski definition) is 5. The number of nitrogens with one attached hydrogen (secondary N) is 2. The Morgan fingerprint density at radius 1 is 1.40 bits per heavy atom. The SMILES string of the molecule is CSCC1[NH2+]C(c2c[nH]c3c(=O)[nH]cnc23)C(O)C1O. The molecule has 20 heavy (non-hydrogen) atoms. The van der Waals surface area contributed by atoms with Crippen LogP contribution in [0.1, 0.15) is 11.6 Å². The van der Waals surface area contributed by atoms with Gasteiger partial charge in [-0.1, -0.05) is 0 Å². The van der Waals surface area contributed by atoms with Crippen molar-refractivity contribution in [3.05, 3.63) is 28.4 Å². The molecule has 1 saturated heterocycles. The van der Waals surface area contributed by atoms with E-state index >= 15 is 0 Å². The summed E-state index contributed by atoms with van der Waals surface area (Å²) in [5.74, 6) is 0.755. The van der Waals surface area contributed by atoms with Gasteiger partial charge in [-0.25, -0.2) is 4.98 Å². The molecule has 2 aromatic rings. The van der Waals surface area contributed by atoms with E-state index in [1.165, 1.54) is 6.33 Å². The molecular weight excluding hydrogens is 280 g/mol. The van der Waals surface area contributed by atoms with Gasteiger partial charge in [0, 0.05) is 11.9 Å². The molecule has 6 N–H and O–H groups in total. The Morgan fingerprint density at radius 2 is 2.20 bits per heavy atom. The van der Waals surface area contributed by atoms with Crippen molar-refractivity contribution in [1.82, 2.24) is 15.0 Å². The minimum absolute atomic E-state index is 0.0584. The van der Waals surface area contributed by atoms with Crippen LogP contribution < -0.4 is 10.9 Å². The van der Waals surface area contributed by atoms with Crippen molar-refractivity contribution >= 4 is 22.8 Å². The molecule has 0 bridgehead atoms. The van der Waals surface area contributed by atoms with E-state index in [-0.39, 0.29) is 17.6 Å². The average Bonchev–Trinajstić information content (AvgIpc) is 2.97. The minimum atomic E-state index is -0.868. The molecule has 1 fully saturated rings. The van der Waals surface area contributed by atoms with Crippen molar-refractivity contribution in [3.8, 4) is 0 Å². The van der Waals surface area contributed by atoms with Gasteiger partial charge in [0.1, 0.15) is 35.3 Å². The molecule has 0 radical (unpaired) electrons. The van der Waals surface area contributed by atoms with Gasteiger partial charge < -0.3 is 25.5 Å². The van der Waals surface area contributed by atoms with Gasteiger partial charge in [0.05, 0.1) is 11.9 Å². The third kappa shape index (κ3) is 2.05. The molecule has 0 amide bonds. The maximum absolute atomic E-state index is 11.7. The number of rotatable bonds is 3. The number of quaternary nitrogens is 1. The van der Waals surface area contributed by atoms with Crippen molar-refractivity contribution in [2.75, 3.05) is 12.0 Å². The number of aliphatic hydroxyl groups excluding tert-OH is 2. The van der Waals surface area contributed by atoms with Gasteiger partial charge in [-0.2, -0.15) is 11.8 Å². The van der Waals surface area contributed by atoms with E-state index in [9.17, 15) is 15.0 Å². The van der Waals surface area contributed by atoms with Crippen molar-refractivity contribution in [1.29, 1.82) is 0 Å². The summed E-state index contributed by atoms with van der Waals surface area (Å²) in [4.78, 5) is 21.2. The Kier molecular flexibility index (Phi) is 3.55.